The summed E-state index contributed by atoms with van der Waals surface area (Å²) in [5, 5.41) is 15.3. The SMILES string of the molecule is CC[C@@H](C)Oc1c(Br)cc(/C=N\NC(=O)c2cc3cc([N+](=O)[O-])ccc3o2)cc1OC. The van der Waals surface area contributed by atoms with Gasteiger partial charge in [0.05, 0.1) is 28.8 Å². The van der Waals surface area contributed by atoms with Gasteiger partial charge in [0, 0.05) is 17.5 Å². The number of hydrazone groups is 1. The average Bonchev–Trinajstić information content (AvgIpc) is 3.18. The summed E-state index contributed by atoms with van der Waals surface area (Å²) in [5.41, 5.74) is 3.32. The van der Waals surface area contributed by atoms with Crippen LogP contribution in [-0.4, -0.2) is 30.3 Å². The standard InChI is InChI=1S/C21H20BrN3O6/c1-4-12(2)30-20-16(22)7-13(8-18(20)29-3)11-23-24-21(26)19-10-14-9-15(25(27)28)5-6-17(14)31-19/h5-12H,4H2,1-3H3,(H,24,26)/b23-11-/t12-/m1/s1. The number of fused-ring (bicyclic) bond motifs is 1. The maximum atomic E-state index is 12.3. The van der Waals surface area contributed by atoms with Gasteiger partial charge in [0.15, 0.2) is 17.3 Å². The monoisotopic (exact) mass is 489 g/mol. The minimum atomic E-state index is -0.585. The van der Waals surface area contributed by atoms with E-state index >= 15 is 0 Å². The number of nitrogens with one attached hydrogen (secondary N) is 1. The zero-order chi connectivity index (χ0) is 22.5. The summed E-state index contributed by atoms with van der Waals surface area (Å²) < 4.78 is 17.4. The number of benzene rings is 2. The summed E-state index contributed by atoms with van der Waals surface area (Å²) in [6, 6.07) is 9.04. The smallest absolute Gasteiger partial charge is 0.307 e. The number of carbonyl (C=O) groups excluding carboxylic acids is 1. The van der Waals surface area contributed by atoms with Crippen LogP contribution in [0.25, 0.3) is 11.0 Å². The number of nitro groups is 1. The lowest BCUT2D eigenvalue weighted by Crippen LogP contribution is -2.16. The maximum Gasteiger partial charge on any atom is 0.307 e. The molecule has 0 fully saturated rings. The van der Waals surface area contributed by atoms with E-state index < -0.39 is 10.8 Å². The first-order valence-corrected chi connectivity index (χ1v) is 10.2. The minimum Gasteiger partial charge on any atom is -0.493 e. The van der Waals surface area contributed by atoms with Crippen molar-refractivity contribution in [2.24, 2.45) is 5.10 Å². The molecule has 0 spiro atoms. The van der Waals surface area contributed by atoms with Gasteiger partial charge in [-0.2, -0.15) is 5.10 Å². The molecule has 31 heavy (non-hydrogen) atoms. The molecule has 0 aliphatic rings. The summed E-state index contributed by atoms with van der Waals surface area (Å²) in [5.74, 6) is 0.525. The fourth-order valence-corrected chi connectivity index (χ4v) is 3.24. The lowest BCUT2D eigenvalue weighted by molar-refractivity contribution is -0.384. The number of hydrogen-bond acceptors (Lipinski definition) is 7. The Morgan fingerprint density at radius 3 is 2.81 bits per heavy atom. The molecule has 1 aromatic heterocycles. The quantitative estimate of drug-likeness (QED) is 0.268. The molecule has 3 aromatic rings. The Morgan fingerprint density at radius 1 is 1.35 bits per heavy atom. The van der Waals surface area contributed by atoms with Crippen LogP contribution in [0.2, 0.25) is 0 Å². The number of amides is 1. The van der Waals surface area contributed by atoms with E-state index in [1.807, 2.05) is 13.8 Å². The highest BCUT2D eigenvalue weighted by Crippen LogP contribution is 2.37. The van der Waals surface area contributed by atoms with E-state index in [-0.39, 0.29) is 17.6 Å². The molecule has 10 heteroatoms. The van der Waals surface area contributed by atoms with Gasteiger partial charge in [-0.3, -0.25) is 14.9 Å². The van der Waals surface area contributed by atoms with E-state index in [1.165, 1.54) is 30.5 Å². The van der Waals surface area contributed by atoms with Crippen molar-refractivity contribution in [1.29, 1.82) is 0 Å². The third-order valence-electron chi connectivity index (χ3n) is 4.46. The van der Waals surface area contributed by atoms with Gasteiger partial charge in [0.25, 0.3) is 5.69 Å². The largest absolute Gasteiger partial charge is 0.493 e. The fourth-order valence-electron chi connectivity index (χ4n) is 2.69. The molecule has 1 N–H and O–H groups in total. The first-order chi connectivity index (χ1) is 14.8. The minimum absolute atomic E-state index is 0.0105. The Kier molecular flexibility index (Phi) is 6.91. The fraction of sp³-hybridized carbons (Fsp3) is 0.238. The van der Waals surface area contributed by atoms with Crippen molar-refractivity contribution in [3.8, 4) is 11.5 Å². The van der Waals surface area contributed by atoms with Crippen LogP contribution in [0.15, 0.2) is 50.4 Å². The van der Waals surface area contributed by atoms with E-state index in [0.717, 1.165) is 6.42 Å². The molecule has 0 aliphatic heterocycles. The molecule has 1 atom stereocenters. The Balaban J connectivity index is 1.74. The Labute approximate surface area is 186 Å². The van der Waals surface area contributed by atoms with E-state index in [0.29, 0.717) is 32.5 Å². The molecule has 1 amide bonds. The molecule has 9 nitrogen and oxygen atoms in total. The van der Waals surface area contributed by atoms with Crippen LogP contribution in [0.1, 0.15) is 36.4 Å². The zero-order valence-electron chi connectivity index (χ0n) is 17.0. The third-order valence-corrected chi connectivity index (χ3v) is 5.05. The molecule has 0 radical (unpaired) electrons. The van der Waals surface area contributed by atoms with Crippen molar-refractivity contribution in [2.75, 3.05) is 7.11 Å². The van der Waals surface area contributed by atoms with Crippen molar-refractivity contribution in [1.82, 2.24) is 5.43 Å². The van der Waals surface area contributed by atoms with Crippen molar-refractivity contribution in [3.63, 3.8) is 0 Å². The predicted octanol–water partition coefficient (Wildman–Crippen LogP) is 5.05. The first-order valence-electron chi connectivity index (χ1n) is 9.38. The summed E-state index contributed by atoms with van der Waals surface area (Å²) >= 11 is 3.47. The molecule has 162 valence electrons. The molecule has 0 saturated carbocycles. The Morgan fingerprint density at radius 2 is 2.13 bits per heavy atom. The highest BCUT2D eigenvalue weighted by molar-refractivity contribution is 9.10. The van der Waals surface area contributed by atoms with Gasteiger partial charge in [0.1, 0.15) is 5.58 Å². The van der Waals surface area contributed by atoms with E-state index in [9.17, 15) is 14.9 Å². The van der Waals surface area contributed by atoms with Crippen LogP contribution in [-0.2, 0) is 0 Å². The predicted molar refractivity (Wildman–Crippen MR) is 119 cm³/mol. The summed E-state index contributed by atoms with van der Waals surface area (Å²) in [6.07, 6.45) is 2.32. The van der Waals surface area contributed by atoms with Gasteiger partial charge in [0.2, 0.25) is 0 Å². The summed E-state index contributed by atoms with van der Waals surface area (Å²) in [6.45, 7) is 3.99. The average molecular weight is 490 g/mol. The van der Waals surface area contributed by atoms with Gasteiger partial charge in [-0.25, -0.2) is 5.43 Å². The van der Waals surface area contributed by atoms with Gasteiger partial charge < -0.3 is 13.9 Å². The summed E-state index contributed by atoms with van der Waals surface area (Å²) in [4.78, 5) is 22.7. The van der Waals surface area contributed by atoms with Crippen molar-refractivity contribution >= 4 is 44.7 Å². The van der Waals surface area contributed by atoms with E-state index in [4.69, 9.17) is 13.9 Å². The van der Waals surface area contributed by atoms with Gasteiger partial charge >= 0.3 is 5.91 Å². The zero-order valence-corrected chi connectivity index (χ0v) is 18.6. The van der Waals surface area contributed by atoms with Crippen molar-refractivity contribution < 1.29 is 23.6 Å². The molecule has 1 heterocycles. The normalized spacial score (nSPS) is 12.1. The third kappa shape index (κ3) is 5.21. The molecular formula is C21H20BrN3O6. The maximum absolute atomic E-state index is 12.3. The van der Waals surface area contributed by atoms with Crippen LogP contribution in [0.5, 0.6) is 11.5 Å². The lowest BCUT2D eigenvalue weighted by Gasteiger charge is -2.17. The van der Waals surface area contributed by atoms with Crippen LogP contribution in [0, 0.1) is 10.1 Å². The van der Waals surface area contributed by atoms with Gasteiger partial charge in [-0.1, -0.05) is 6.92 Å². The van der Waals surface area contributed by atoms with Gasteiger partial charge in [-0.15, -0.1) is 0 Å². The number of non-ortho nitro benzene ring substituents is 1. The van der Waals surface area contributed by atoms with Crippen LogP contribution in [0.4, 0.5) is 5.69 Å². The number of halogens is 1. The number of rotatable bonds is 8. The second kappa shape index (κ2) is 9.61. The molecule has 0 saturated heterocycles. The van der Waals surface area contributed by atoms with Crippen molar-refractivity contribution in [3.05, 3.63) is 62.3 Å². The van der Waals surface area contributed by atoms with E-state index in [2.05, 4.69) is 26.5 Å². The second-order valence-electron chi connectivity index (χ2n) is 6.66. The van der Waals surface area contributed by atoms with Crippen LogP contribution >= 0.6 is 15.9 Å². The molecule has 0 aliphatic carbocycles. The first kappa shape index (κ1) is 22.3. The van der Waals surface area contributed by atoms with Crippen LogP contribution < -0.4 is 14.9 Å². The molecule has 0 unspecified atom stereocenters. The van der Waals surface area contributed by atoms with Gasteiger partial charge in [-0.05, 0) is 59.1 Å². The molecule has 3 rings (SSSR count). The molecule has 0 bridgehead atoms. The number of furan rings is 1. The van der Waals surface area contributed by atoms with Crippen molar-refractivity contribution in [2.45, 2.75) is 26.4 Å². The Hall–Kier alpha value is -3.40. The number of hydrogen-bond donors (Lipinski definition) is 1. The summed E-state index contributed by atoms with van der Waals surface area (Å²) in [7, 11) is 1.54. The number of carbonyl (C=O) groups is 1. The molecule has 2 aromatic carbocycles. The number of methoxy groups -OCH3 is 1. The van der Waals surface area contributed by atoms with E-state index in [1.54, 1.807) is 19.2 Å². The number of ether oxygens (including phenoxy) is 2. The lowest BCUT2D eigenvalue weighted by atomic mass is 10.2. The highest BCUT2D eigenvalue weighted by Gasteiger charge is 2.16. The highest BCUT2D eigenvalue weighted by atomic mass is 79.9. The topological polar surface area (TPSA) is 116 Å². The number of nitrogens with zero attached hydrogens (tertiary/aromatic N) is 2. The second-order valence-corrected chi connectivity index (χ2v) is 7.51. The Bertz CT molecular complexity index is 1160. The van der Waals surface area contributed by atoms with Crippen LogP contribution in [0.3, 0.4) is 0 Å². The molecular weight excluding hydrogens is 470 g/mol. The number of nitro benzene ring substituents is 1.